The maximum absolute atomic E-state index is 13.8. The summed E-state index contributed by atoms with van der Waals surface area (Å²) in [5.41, 5.74) is 4.15. The molecule has 0 unspecified atom stereocenters. The number of urea groups is 1. The summed E-state index contributed by atoms with van der Waals surface area (Å²) in [6, 6.07) is 18.4. The van der Waals surface area contributed by atoms with Crippen molar-refractivity contribution >= 4 is 33.9 Å². The normalized spacial score (nSPS) is 10.6. The van der Waals surface area contributed by atoms with Crippen LogP contribution in [0, 0.1) is 5.82 Å². The molecule has 154 valence electrons. The van der Waals surface area contributed by atoms with Crippen molar-refractivity contribution in [3.05, 3.63) is 88.1 Å². The molecule has 8 heteroatoms. The number of ether oxygens (including phenoxy) is 2. The number of amides is 2. The Balaban J connectivity index is 1.65. The predicted octanol–water partition coefficient (Wildman–Crippen LogP) is 5.33. The highest BCUT2D eigenvalue weighted by Gasteiger charge is 2.11. The van der Waals surface area contributed by atoms with E-state index in [1.54, 1.807) is 42.5 Å². The van der Waals surface area contributed by atoms with Crippen LogP contribution in [-0.2, 0) is 6.61 Å². The van der Waals surface area contributed by atoms with Crippen molar-refractivity contribution < 1.29 is 18.7 Å². The Morgan fingerprint density at radius 1 is 1.10 bits per heavy atom. The Kier molecular flexibility index (Phi) is 7.40. The maximum Gasteiger partial charge on any atom is 0.339 e. The van der Waals surface area contributed by atoms with E-state index in [0.717, 1.165) is 0 Å². The number of carbonyl (C=O) groups excluding carboxylic acids is 1. The quantitative estimate of drug-likeness (QED) is 0.361. The lowest BCUT2D eigenvalue weighted by Gasteiger charge is -2.13. The Morgan fingerprint density at radius 3 is 2.57 bits per heavy atom. The molecule has 2 amide bonds. The van der Waals surface area contributed by atoms with Crippen LogP contribution in [0.2, 0.25) is 0 Å². The summed E-state index contributed by atoms with van der Waals surface area (Å²) in [6.07, 6.45) is 1.47. The topological polar surface area (TPSA) is 72.0 Å². The fraction of sp³-hybridized carbons (Fsp3) is 0.0909. The molecule has 0 saturated carbocycles. The van der Waals surface area contributed by atoms with E-state index in [4.69, 9.17) is 9.47 Å². The monoisotopic (exact) mass is 471 g/mol. The van der Waals surface area contributed by atoms with E-state index in [1.807, 2.05) is 18.2 Å². The minimum Gasteiger partial charge on any atom is -0.493 e. The minimum atomic E-state index is -0.467. The van der Waals surface area contributed by atoms with Gasteiger partial charge in [-0.25, -0.2) is 14.6 Å². The lowest BCUT2D eigenvalue weighted by Crippen LogP contribution is -2.24. The third kappa shape index (κ3) is 5.81. The SMILES string of the molecule is COc1cc(/C=N/NC(=O)Nc2ccccc2)c(Br)cc1OCc1ccccc1F. The van der Waals surface area contributed by atoms with Gasteiger partial charge in [0.05, 0.1) is 13.3 Å². The summed E-state index contributed by atoms with van der Waals surface area (Å²) in [6.45, 7) is 0.0596. The van der Waals surface area contributed by atoms with Gasteiger partial charge < -0.3 is 14.8 Å². The van der Waals surface area contributed by atoms with Gasteiger partial charge in [-0.15, -0.1) is 0 Å². The van der Waals surface area contributed by atoms with E-state index in [1.165, 1.54) is 19.4 Å². The first-order valence-electron chi connectivity index (χ1n) is 8.95. The average Bonchev–Trinajstić information content (AvgIpc) is 2.75. The summed E-state index contributed by atoms with van der Waals surface area (Å²) in [7, 11) is 1.51. The molecule has 0 spiro atoms. The Morgan fingerprint density at radius 2 is 1.83 bits per heavy atom. The molecule has 0 aromatic heterocycles. The first-order valence-corrected chi connectivity index (χ1v) is 9.75. The number of rotatable bonds is 7. The molecular formula is C22H19BrFN3O3. The number of nitrogens with one attached hydrogen (secondary N) is 2. The molecule has 3 rings (SSSR count). The van der Waals surface area contributed by atoms with Crippen LogP contribution in [0.3, 0.4) is 0 Å². The second-order valence-electron chi connectivity index (χ2n) is 6.09. The molecular weight excluding hydrogens is 453 g/mol. The van der Waals surface area contributed by atoms with Gasteiger partial charge in [0.1, 0.15) is 12.4 Å². The smallest absolute Gasteiger partial charge is 0.339 e. The molecule has 3 aromatic carbocycles. The molecule has 6 nitrogen and oxygen atoms in total. The molecule has 3 aromatic rings. The highest BCUT2D eigenvalue weighted by molar-refractivity contribution is 9.10. The van der Waals surface area contributed by atoms with Crippen LogP contribution in [0.15, 0.2) is 76.3 Å². The van der Waals surface area contributed by atoms with Crippen LogP contribution in [0.5, 0.6) is 11.5 Å². The van der Waals surface area contributed by atoms with Crippen LogP contribution >= 0.6 is 15.9 Å². The van der Waals surface area contributed by atoms with Gasteiger partial charge in [-0.05, 0) is 46.3 Å². The molecule has 2 N–H and O–H groups in total. The van der Waals surface area contributed by atoms with E-state index >= 15 is 0 Å². The van der Waals surface area contributed by atoms with E-state index in [2.05, 4.69) is 31.8 Å². The Labute approximate surface area is 181 Å². The fourth-order valence-corrected chi connectivity index (χ4v) is 2.96. The number of hydrogen-bond donors (Lipinski definition) is 2. The molecule has 0 saturated heterocycles. The molecule has 0 fully saturated rings. The van der Waals surface area contributed by atoms with Crippen molar-refractivity contribution in [2.75, 3.05) is 12.4 Å². The van der Waals surface area contributed by atoms with Gasteiger partial charge in [0.2, 0.25) is 0 Å². The molecule has 0 atom stereocenters. The summed E-state index contributed by atoms with van der Waals surface area (Å²) in [5.74, 6) is 0.559. The second-order valence-corrected chi connectivity index (χ2v) is 6.95. The molecule has 30 heavy (non-hydrogen) atoms. The van der Waals surface area contributed by atoms with E-state index in [0.29, 0.717) is 32.8 Å². The van der Waals surface area contributed by atoms with Gasteiger partial charge in [0.25, 0.3) is 0 Å². The standard InChI is InChI=1S/C22H19BrFN3O3/c1-29-20-11-16(13-25-27-22(28)26-17-8-3-2-4-9-17)18(23)12-21(20)30-14-15-7-5-6-10-19(15)24/h2-13H,14H2,1H3,(H2,26,27,28)/b25-13+. The van der Waals surface area contributed by atoms with Gasteiger partial charge in [-0.1, -0.05) is 36.4 Å². The number of para-hydroxylation sites is 1. The van der Waals surface area contributed by atoms with E-state index in [-0.39, 0.29) is 12.4 Å². The van der Waals surface area contributed by atoms with Crippen molar-refractivity contribution in [3.8, 4) is 11.5 Å². The molecule has 0 aliphatic carbocycles. The van der Waals surface area contributed by atoms with Gasteiger partial charge in [0.15, 0.2) is 11.5 Å². The second kappa shape index (κ2) is 10.4. The number of methoxy groups -OCH3 is 1. The molecule has 0 aliphatic rings. The molecule has 0 bridgehead atoms. The zero-order valence-electron chi connectivity index (χ0n) is 16.1. The van der Waals surface area contributed by atoms with Gasteiger partial charge in [-0.3, -0.25) is 0 Å². The highest BCUT2D eigenvalue weighted by atomic mass is 79.9. The number of hydrazone groups is 1. The number of nitrogens with zero attached hydrogens (tertiary/aromatic N) is 1. The number of anilines is 1. The fourth-order valence-electron chi connectivity index (χ4n) is 2.53. The Hall–Kier alpha value is -3.39. The predicted molar refractivity (Wildman–Crippen MR) is 118 cm³/mol. The molecule has 0 radical (unpaired) electrons. The molecule has 0 aliphatic heterocycles. The van der Waals surface area contributed by atoms with Crippen LogP contribution in [0.1, 0.15) is 11.1 Å². The van der Waals surface area contributed by atoms with E-state index in [9.17, 15) is 9.18 Å². The summed E-state index contributed by atoms with van der Waals surface area (Å²) < 4.78 is 25.5. The first-order chi connectivity index (χ1) is 14.6. The third-order valence-corrected chi connectivity index (χ3v) is 4.71. The van der Waals surface area contributed by atoms with Crippen LogP contribution in [-0.4, -0.2) is 19.4 Å². The number of halogens is 2. The third-order valence-electron chi connectivity index (χ3n) is 4.03. The van der Waals surface area contributed by atoms with Gasteiger partial charge >= 0.3 is 6.03 Å². The van der Waals surface area contributed by atoms with Gasteiger partial charge in [0, 0.05) is 21.3 Å². The number of hydrogen-bond acceptors (Lipinski definition) is 4. The minimum absolute atomic E-state index is 0.0596. The maximum atomic E-state index is 13.8. The van der Waals surface area contributed by atoms with Crippen molar-refractivity contribution in [1.82, 2.24) is 5.43 Å². The highest BCUT2D eigenvalue weighted by Crippen LogP contribution is 2.33. The van der Waals surface area contributed by atoms with E-state index < -0.39 is 6.03 Å². The number of benzene rings is 3. The number of carbonyl (C=O) groups is 1. The zero-order chi connectivity index (χ0) is 21.3. The van der Waals surface area contributed by atoms with Crippen LogP contribution in [0.4, 0.5) is 14.9 Å². The zero-order valence-corrected chi connectivity index (χ0v) is 17.6. The lowest BCUT2D eigenvalue weighted by atomic mass is 10.2. The van der Waals surface area contributed by atoms with Crippen molar-refractivity contribution in [1.29, 1.82) is 0 Å². The first kappa shape index (κ1) is 21.3. The molecule has 0 heterocycles. The van der Waals surface area contributed by atoms with Crippen LogP contribution in [0.25, 0.3) is 0 Å². The van der Waals surface area contributed by atoms with Crippen LogP contribution < -0.4 is 20.2 Å². The summed E-state index contributed by atoms with van der Waals surface area (Å²) >= 11 is 3.44. The summed E-state index contributed by atoms with van der Waals surface area (Å²) in [4.78, 5) is 11.9. The van der Waals surface area contributed by atoms with Crippen molar-refractivity contribution in [2.45, 2.75) is 6.61 Å². The summed E-state index contributed by atoms with van der Waals surface area (Å²) in [5, 5.41) is 6.61. The van der Waals surface area contributed by atoms with Crippen molar-refractivity contribution in [2.24, 2.45) is 5.10 Å². The average molecular weight is 472 g/mol. The Bertz CT molecular complexity index is 1050. The van der Waals surface area contributed by atoms with Gasteiger partial charge in [-0.2, -0.15) is 5.10 Å². The largest absolute Gasteiger partial charge is 0.493 e. The lowest BCUT2D eigenvalue weighted by molar-refractivity contribution is 0.252. The van der Waals surface area contributed by atoms with Crippen molar-refractivity contribution in [3.63, 3.8) is 0 Å².